The van der Waals surface area contributed by atoms with Crippen molar-refractivity contribution in [3.8, 4) is 11.3 Å². The molecule has 0 spiro atoms. The maximum Gasteiger partial charge on any atom is 0.292 e. The molecule has 74 valence electrons. The third kappa shape index (κ3) is 2.36. The van der Waals surface area contributed by atoms with E-state index in [4.69, 9.17) is 10.2 Å². The Balaban J connectivity index is 0.000000461. The molecule has 0 bridgehead atoms. The minimum Gasteiger partial charge on any atom is -0.424 e. The summed E-state index contributed by atoms with van der Waals surface area (Å²) in [5.41, 5.74) is 6.33. The normalized spacial score (nSPS) is 9.00. The van der Waals surface area contributed by atoms with Crippen LogP contribution in [0.2, 0.25) is 0 Å². The highest BCUT2D eigenvalue weighted by Crippen LogP contribution is 2.19. The third-order valence-corrected chi connectivity index (χ3v) is 1.58. The average molecular weight is 190 g/mol. The van der Waals surface area contributed by atoms with E-state index in [2.05, 4.69) is 4.98 Å². The summed E-state index contributed by atoms with van der Waals surface area (Å²) in [4.78, 5) is 3.80. The van der Waals surface area contributed by atoms with Gasteiger partial charge in [-0.3, -0.25) is 0 Å². The molecule has 0 fully saturated rings. The quantitative estimate of drug-likeness (QED) is 0.752. The van der Waals surface area contributed by atoms with Crippen molar-refractivity contribution in [1.29, 1.82) is 0 Å². The highest BCUT2D eigenvalue weighted by molar-refractivity contribution is 5.56. The van der Waals surface area contributed by atoms with Gasteiger partial charge in [0.15, 0.2) is 5.76 Å². The molecule has 3 nitrogen and oxygen atoms in total. The van der Waals surface area contributed by atoms with Crippen molar-refractivity contribution in [1.82, 2.24) is 4.98 Å². The summed E-state index contributed by atoms with van der Waals surface area (Å²) in [6, 6.07) is 9.92. The summed E-state index contributed by atoms with van der Waals surface area (Å²) in [7, 11) is 0. The number of rotatable bonds is 1. The summed E-state index contributed by atoms with van der Waals surface area (Å²) in [6.45, 7) is 4.00. The maximum atomic E-state index is 5.34. The van der Waals surface area contributed by atoms with Crippen molar-refractivity contribution in [2.75, 3.05) is 5.73 Å². The van der Waals surface area contributed by atoms with Crippen LogP contribution in [0.5, 0.6) is 0 Å². The Labute approximate surface area is 83.6 Å². The van der Waals surface area contributed by atoms with Crippen molar-refractivity contribution in [2.45, 2.75) is 13.8 Å². The lowest BCUT2D eigenvalue weighted by Crippen LogP contribution is -1.79. The van der Waals surface area contributed by atoms with Gasteiger partial charge in [0.1, 0.15) is 0 Å². The fraction of sp³-hybridized carbons (Fsp3) is 0.182. The van der Waals surface area contributed by atoms with Crippen LogP contribution in [0.15, 0.2) is 40.9 Å². The maximum absolute atomic E-state index is 5.34. The number of hydrogen-bond donors (Lipinski definition) is 1. The number of anilines is 1. The first-order chi connectivity index (χ1) is 6.86. The smallest absolute Gasteiger partial charge is 0.292 e. The van der Waals surface area contributed by atoms with Gasteiger partial charge < -0.3 is 10.2 Å². The van der Waals surface area contributed by atoms with Gasteiger partial charge in [0.2, 0.25) is 0 Å². The summed E-state index contributed by atoms with van der Waals surface area (Å²) in [5.74, 6) is 0.702. The molecular weight excluding hydrogens is 176 g/mol. The lowest BCUT2D eigenvalue weighted by atomic mass is 10.2. The molecule has 14 heavy (non-hydrogen) atoms. The van der Waals surface area contributed by atoms with Gasteiger partial charge in [0.25, 0.3) is 6.01 Å². The first kappa shape index (κ1) is 10.3. The van der Waals surface area contributed by atoms with Crippen LogP contribution < -0.4 is 5.73 Å². The van der Waals surface area contributed by atoms with E-state index in [1.54, 1.807) is 6.20 Å². The van der Waals surface area contributed by atoms with Crippen molar-refractivity contribution in [3.05, 3.63) is 36.5 Å². The van der Waals surface area contributed by atoms with Gasteiger partial charge in [-0.05, 0) is 0 Å². The van der Waals surface area contributed by atoms with Crippen molar-refractivity contribution in [2.24, 2.45) is 0 Å². The Kier molecular flexibility index (Phi) is 3.73. The monoisotopic (exact) mass is 190 g/mol. The lowest BCUT2D eigenvalue weighted by molar-refractivity contribution is 0.595. The van der Waals surface area contributed by atoms with E-state index >= 15 is 0 Å². The molecule has 2 aromatic rings. The van der Waals surface area contributed by atoms with E-state index in [0.29, 0.717) is 5.76 Å². The summed E-state index contributed by atoms with van der Waals surface area (Å²) in [6.07, 6.45) is 1.62. The number of nitrogens with two attached hydrogens (primary N) is 1. The molecule has 2 rings (SSSR count). The molecule has 0 amide bonds. The van der Waals surface area contributed by atoms with E-state index < -0.39 is 0 Å². The molecule has 0 atom stereocenters. The summed E-state index contributed by atoms with van der Waals surface area (Å²) >= 11 is 0. The number of hydrogen-bond acceptors (Lipinski definition) is 3. The van der Waals surface area contributed by atoms with Crippen LogP contribution in [-0.4, -0.2) is 4.98 Å². The second kappa shape index (κ2) is 5.07. The van der Waals surface area contributed by atoms with Gasteiger partial charge in [0.05, 0.1) is 6.20 Å². The molecule has 1 aromatic heterocycles. The van der Waals surface area contributed by atoms with Crippen LogP contribution in [0.25, 0.3) is 11.3 Å². The van der Waals surface area contributed by atoms with Gasteiger partial charge in [-0.2, -0.15) is 0 Å². The minimum atomic E-state index is 0.203. The molecular formula is C11H14N2O. The third-order valence-electron chi connectivity index (χ3n) is 1.58. The zero-order chi connectivity index (χ0) is 10.4. The second-order valence-electron chi connectivity index (χ2n) is 2.43. The predicted octanol–water partition coefficient (Wildman–Crippen LogP) is 2.95. The molecule has 0 saturated carbocycles. The highest BCUT2D eigenvalue weighted by atomic mass is 16.4. The minimum absolute atomic E-state index is 0.203. The molecule has 0 unspecified atom stereocenters. The number of benzene rings is 1. The Morgan fingerprint density at radius 2 is 1.79 bits per heavy atom. The Morgan fingerprint density at radius 1 is 1.14 bits per heavy atom. The molecule has 1 aromatic carbocycles. The fourth-order valence-electron chi connectivity index (χ4n) is 1.02. The number of oxazole rings is 1. The van der Waals surface area contributed by atoms with Gasteiger partial charge in [-0.15, -0.1) is 0 Å². The van der Waals surface area contributed by atoms with E-state index in [1.807, 2.05) is 44.2 Å². The van der Waals surface area contributed by atoms with Gasteiger partial charge in [-0.1, -0.05) is 44.2 Å². The van der Waals surface area contributed by atoms with Gasteiger partial charge in [-0.25, -0.2) is 4.98 Å². The summed E-state index contributed by atoms with van der Waals surface area (Å²) < 4.78 is 5.14. The summed E-state index contributed by atoms with van der Waals surface area (Å²) in [5, 5.41) is 0. The lowest BCUT2D eigenvalue weighted by Gasteiger charge is -1.92. The average Bonchev–Trinajstić information content (AvgIpc) is 2.69. The molecule has 3 heteroatoms. The van der Waals surface area contributed by atoms with Gasteiger partial charge in [0, 0.05) is 5.56 Å². The van der Waals surface area contributed by atoms with E-state index in [9.17, 15) is 0 Å². The Morgan fingerprint density at radius 3 is 2.29 bits per heavy atom. The van der Waals surface area contributed by atoms with E-state index in [-0.39, 0.29) is 6.01 Å². The van der Waals surface area contributed by atoms with Crippen molar-refractivity contribution >= 4 is 6.01 Å². The van der Waals surface area contributed by atoms with E-state index in [1.165, 1.54) is 0 Å². The first-order valence-corrected chi connectivity index (χ1v) is 4.63. The van der Waals surface area contributed by atoms with E-state index in [0.717, 1.165) is 5.56 Å². The van der Waals surface area contributed by atoms with Crippen LogP contribution in [0.4, 0.5) is 6.01 Å². The largest absolute Gasteiger partial charge is 0.424 e. The fourth-order valence-corrected chi connectivity index (χ4v) is 1.02. The second-order valence-corrected chi connectivity index (χ2v) is 2.43. The van der Waals surface area contributed by atoms with Gasteiger partial charge >= 0.3 is 0 Å². The predicted molar refractivity (Wildman–Crippen MR) is 57.7 cm³/mol. The zero-order valence-corrected chi connectivity index (χ0v) is 8.40. The Bertz CT molecular complexity index is 368. The van der Waals surface area contributed by atoms with Crippen molar-refractivity contribution in [3.63, 3.8) is 0 Å². The molecule has 2 N–H and O–H groups in total. The van der Waals surface area contributed by atoms with Crippen LogP contribution in [0.1, 0.15) is 13.8 Å². The molecule has 0 saturated heterocycles. The molecule has 0 aliphatic carbocycles. The van der Waals surface area contributed by atoms with Crippen LogP contribution in [0.3, 0.4) is 0 Å². The Hall–Kier alpha value is -1.77. The number of nitrogens with zero attached hydrogens (tertiary/aromatic N) is 1. The first-order valence-electron chi connectivity index (χ1n) is 4.63. The van der Waals surface area contributed by atoms with Crippen LogP contribution in [0, 0.1) is 0 Å². The standard InChI is InChI=1S/C9H8N2O.C2H6/c10-9-11-6-8(12-9)7-4-2-1-3-5-7;1-2/h1-6H,(H2,10,11);1-2H3. The van der Waals surface area contributed by atoms with Crippen LogP contribution >= 0.6 is 0 Å². The number of nitrogen functional groups attached to an aromatic ring is 1. The molecule has 0 aliphatic heterocycles. The topological polar surface area (TPSA) is 52.0 Å². The molecule has 1 heterocycles. The zero-order valence-electron chi connectivity index (χ0n) is 8.40. The highest BCUT2D eigenvalue weighted by Gasteiger charge is 2.01. The van der Waals surface area contributed by atoms with Crippen molar-refractivity contribution < 1.29 is 4.42 Å². The SMILES string of the molecule is CC.Nc1ncc(-c2ccccc2)o1. The molecule has 0 aliphatic rings. The number of aromatic nitrogens is 1. The molecule has 0 radical (unpaired) electrons. The van der Waals surface area contributed by atoms with Crippen LogP contribution in [-0.2, 0) is 0 Å².